The van der Waals surface area contributed by atoms with Crippen LogP contribution in [0.15, 0.2) is 89.3 Å². The average molecular weight is 318 g/mol. The van der Waals surface area contributed by atoms with Crippen LogP contribution in [-0.4, -0.2) is 0 Å². The molecule has 0 fully saturated rings. The molecule has 1 nitrogen and oxygen atoms in total. The number of hydrogen-bond acceptors (Lipinski definition) is 1. The maximum atomic E-state index is 6.14. The second-order valence-corrected chi connectivity index (χ2v) is 6.62. The molecule has 6 aromatic rings. The van der Waals surface area contributed by atoms with Crippen LogP contribution < -0.4 is 0 Å². The Kier molecular flexibility index (Phi) is 2.40. The highest BCUT2D eigenvalue weighted by Crippen LogP contribution is 2.40. The van der Waals surface area contributed by atoms with Crippen LogP contribution in [0.5, 0.6) is 0 Å². The Labute approximate surface area is 144 Å². The number of furan rings is 1. The molecule has 116 valence electrons. The summed E-state index contributed by atoms with van der Waals surface area (Å²) in [6.07, 6.45) is 0. The Hall–Kier alpha value is -3.32. The molecule has 0 spiro atoms. The summed E-state index contributed by atoms with van der Waals surface area (Å²) in [7, 11) is 0. The fraction of sp³-hybridized carbons (Fsp3) is 0. The van der Waals surface area contributed by atoms with Gasteiger partial charge in [0.25, 0.3) is 0 Å². The summed E-state index contributed by atoms with van der Waals surface area (Å²) in [5.74, 6) is 0.930. The van der Waals surface area contributed by atoms with Crippen LogP contribution in [0.1, 0.15) is 0 Å². The van der Waals surface area contributed by atoms with Gasteiger partial charge in [-0.25, -0.2) is 0 Å². The third-order valence-electron chi connectivity index (χ3n) is 5.22. The fourth-order valence-electron chi connectivity index (χ4n) is 4.06. The zero-order valence-electron chi connectivity index (χ0n) is 13.5. The van der Waals surface area contributed by atoms with Crippen LogP contribution in [0.25, 0.3) is 54.6 Å². The molecule has 0 saturated heterocycles. The Morgan fingerprint density at radius 3 is 2.04 bits per heavy atom. The van der Waals surface area contributed by atoms with Crippen molar-refractivity contribution in [2.24, 2.45) is 0 Å². The molecule has 1 heterocycles. The Morgan fingerprint density at radius 1 is 0.520 bits per heavy atom. The van der Waals surface area contributed by atoms with Gasteiger partial charge in [-0.05, 0) is 50.5 Å². The van der Waals surface area contributed by atoms with Crippen LogP contribution in [0.4, 0.5) is 0 Å². The van der Waals surface area contributed by atoms with Crippen molar-refractivity contribution in [2.45, 2.75) is 0 Å². The molecule has 25 heavy (non-hydrogen) atoms. The number of rotatable bonds is 1. The van der Waals surface area contributed by atoms with E-state index in [0.29, 0.717) is 0 Å². The van der Waals surface area contributed by atoms with Crippen molar-refractivity contribution < 1.29 is 4.42 Å². The minimum Gasteiger partial charge on any atom is -0.456 e. The van der Waals surface area contributed by atoms with E-state index in [0.717, 1.165) is 22.3 Å². The average Bonchev–Trinajstić information content (AvgIpc) is 3.10. The predicted octanol–water partition coefficient (Wildman–Crippen LogP) is 7.00. The Balaban J connectivity index is 1.78. The number of hydrogen-bond donors (Lipinski definition) is 0. The maximum Gasteiger partial charge on any atom is 0.136 e. The highest BCUT2D eigenvalue weighted by molar-refractivity contribution is 6.25. The van der Waals surface area contributed by atoms with Crippen LogP contribution in [-0.2, 0) is 0 Å². The summed E-state index contributed by atoms with van der Waals surface area (Å²) in [5.41, 5.74) is 2.09. The summed E-state index contributed by atoms with van der Waals surface area (Å²) in [6.45, 7) is 0. The first-order chi connectivity index (χ1) is 12.4. The summed E-state index contributed by atoms with van der Waals surface area (Å²) in [6, 6.07) is 30.1. The van der Waals surface area contributed by atoms with Crippen molar-refractivity contribution in [1.82, 2.24) is 0 Å². The topological polar surface area (TPSA) is 13.1 Å². The lowest BCUT2D eigenvalue weighted by molar-refractivity contribution is 0.632. The lowest BCUT2D eigenvalue weighted by Gasteiger charge is -2.12. The Bertz CT molecular complexity index is 1340. The summed E-state index contributed by atoms with van der Waals surface area (Å²) < 4.78 is 6.14. The molecule has 1 aromatic heterocycles. The van der Waals surface area contributed by atoms with Gasteiger partial charge in [0.1, 0.15) is 11.3 Å². The number of para-hydroxylation sites is 1. The highest BCUT2D eigenvalue weighted by Gasteiger charge is 2.14. The smallest absolute Gasteiger partial charge is 0.136 e. The van der Waals surface area contributed by atoms with Gasteiger partial charge in [0, 0.05) is 10.9 Å². The molecule has 0 aliphatic carbocycles. The fourth-order valence-corrected chi connectivity index (χ4v) is 4.06. The third kappa shape index (κ3) is 1.72. The van der Waals surface area contributed by atoms with E-state index < -0.39 is 0 Å². The second kappa shape index (κ2) is 4.61. The predicted molar refractivity (Wildman–Crippen MR) is 105 cm³/mol. The van der Waals surface area contributed by atoms with E-state index in [1.807, 2.05) is 18.2 Å². The molecule has 0 atom stereocenters. The van der Waals surface area contributed by atoms with E-state index >= 15 is 0 Å². The molecule has 0 unspecified atom stereocenters. The number of fused-ring (bicyclic) bond motifs is 1. The molecule has 0 saturated carbocycles. The minimum absolute atomic E-state index is 0.930. The lowest BCUT2D eigenvalue weighted by atomic mass is 9.91. The third-order valence-corrected chi connectivity index (χ3v) is 5.22. The maximum absolute atomic E-state index is 6.14. The quantitative estimate of drug-likeness (QED) is 0.297. The summed E-state index contributed by atoms with van der Waals surface area (Å²) in [4.78, 5) is 0. The molecule has 1 heteroatoms. The molecule has 0 bridgehead atoms. The second-order valence-electron chi connectivity index (χ2n) is 6.62. The van der Waals surface area contributed by atoms with E-state index in [2.05, 4.69) is 66.7 Å². The molecule has 5 aromatic carbocycles. The van der Waals surface area contributed by atoms with Crippen LogP contribution >= 0.6 is 0 Å². The van der Waals surface area contributed by atoms with Crippen molar-refractivity contribution in [1.29, 1.82) is 0 Å². The van der Waals surface area contributed by atoms with Gasteiger partial charge in [-0.1, -0.05) is 66.7 Å². The zero-order valence-corrected chi connectivity index (χ0v) is 13.5. The Morgan fingerprint density at radius 2 is 1.20 bits per heavy atom. The first kappa shape index (κ1) is 13.0. The van der Waals surface area contributed by atoms with E-state index in [1.54, 1.807) is 0 Å². The van der Waals surface area contributed by atoms with Gasteiger partial charge in [-0.2, -0.15) is 0 Å². The molecule has 0 aliphatic rings. The van der Waals surface area contributed by atoms with Crippen molar-refractivity contribution in [3.05, 3.63) is 84.9 Å². The van der Waals surface area contributed by atoms with Gasteiger partial charge in [0.2, 0.25) is 0 Å². The van der Waals surface area contributed by atoms with Crippen molar-refractivity contribution in [3.63, 3.8) is 0 Å². The van der Waals surface area contributed by atoms with Crippen molar-refractivity contribution in [2.75, 3.05) is 0 Å². The standard InChI is InChI=1S/C24H14O/c1-2-7-21-18(4-1)14-22(25-21)19-12-10-17-9-8-15-5-3-6-16-11-13-20(19)24(17)23(15)16/h1-14H. The minimum atomic E-state index is 0.930. The summed E-state index contributed by atoms with van der Waals surface area (Å²) in [5, 5.41) is 8.92. The molecule has 0 amide bonds. The van der Waals surface area contributed by atoms with E-state index in [9.17, 15) is 0 Å². The monoisotopic (exact) mass is 318 g/mol. The molecular formula is C24H14O. The van der Waals surface area contributed by atoms with Crippen molar-refractivity contribution >= 4 is 43.3 Å². The number of benzene rings is 5. The van der Waals surface area contributed by atoms with Gasteiger partial charge in [0.05, 0.1) is 0 Å². The van der Waals surface area contributed by atoms with E-state index in [-0.39, 0.29) is 0 Å². The van der Waals surface area contributed by atoms with Gasteiger partial charge in [-0.15, -0.1) is 0 Å². The van der Waals surface area contributed by atoms with Crippen LogP contribution in [0.2, 0.25) is 0 Å². The normalized spacial score (nSPS) is 12.0. The van der Waals surface area contributed by atoms with Crippen LogP contribution in [0.3, 0.4) is 0 Å². The van der Waals surface area contributed by atoms with Gasteiger partial charge in [0.15, 0.2) is 0 Å². The molecule has 6 rings (SSSR count). The van der Waals surface area contributed by atoms with Crippen LogP contribution in [0, 0.1) is 0 Å². The molecule has 0 N–H and O–H groups in total. The SMILES string of the molecule is c1ccc2oc(-c3ccc4ccc5cccc6ccc3c4c56)cc2c1. The van der Waals surface area contributed by atoms with E-state index in [4.69, 9.17) is 4.42 Å². The first-order valence-corrected chi connectivity index (χ1v) is 8.54. The highest BCUT2D eigenvalue weighted by atomic mass is 16.3. The first-order valence-electron chi connectivity index (χ1n) is 8.54. The van der Waals surface area contributed by atoms with Gasteiger partial charge < -0.3 is 4.42 Å². The summed E-state index contributed by atoms with van der Waals surface area (Å²) >= 11 is 0. The van der Waals surface area contributed by atoms with E-state index in [1.165, 1.54) is 32.3 Å². The molecule has 0 aliphatic heterocycles. The lowest BCUT2D eigenvalue weighted by Crippen LogP contribution is -1.86. The van der Waals surface area contributed by atoms with Crippen molar-refractivity contribution in [3.8, 4) is 11.3 Å². The molecule has 0 radical (unpaired) electrons. The van der Waals surface area contributed by atoms with Gasteiger partial charge in [-0.3, -0.25) is 0 Å². The largest absolute Gasteiger partial charge is 0.456 e. The zero-order chi connectivity index (χ0) is 16.4. The molecular weight excluding hydrogens is 304 g/mol. The van der Waals surface area contributed by atoms with Gasteiger partial charge >= 0.3 is 0 Å².